The van der Waals surface area contributed by atoms with Crippen molar-refractivity contribution in [2.45, 2.75) is 54.4 Å². The van der Waals surface area contributed by atoms with E-state index < -0.39 is 10.7 Å². The van der Waals surface area contributed by atoms with Gasteiger partial charge in [0.05, 0.1) is 5.69 Å². The van der Waals surface area contributed by atoms with Gasteiger partial charge in [0.1, 0.15) is 0 Å². The number of amides is 2. The molecule has 0 fully saturated rings. The van der Waals surface area contributed by atoms with Crippen LogP contribution in [-0.4, -0.2) is 16.8 Å². The van der Waals surface area contributed by atoms with Crippen LogP contribution in [-0.2, 0) is 17.6 Å². The van der Waals surface area contributed by atoms with Crippen LogP contribution in [0.3, 0.4) is 0 Å². The average Bonchev–Trinajstić information content (AvgIpc) is 2.88. The number of hydrogen-bond donors (Lipinski definition) is 3. The summed E-state index contributed by atoms with van der Waals surface area (Å²) in [5.41, 5.74) is 6.65. The number of nitrogens with zero attached hydrogens (tertiary/aromatic N) is 2. The van der Waals surface area contributed by atoms with Gasteiger partial charge in [0, 0.05) is 0 Å². The van der Waals surface area contributed by atoms with Gasteiger partial charge in [-0.15, -0.1) is 0 Å². The van der Waals surface area contributed by atoms with Crippen LogP contribution in [0, 0.1) is 0 Å². The second-order valence-corrected chi connectivity index (χ2v) is 5.86. The molecule has 0 spiro atoms. The molecule has 0 aliphatic rings. The molecular formula is C23H36Cl2N6O3Rb2. The van der Waals surface area contributed by atoms with Gasteiger partial charge in [-0.3, -0.25) is 9.59 Å². The van der Waals surface area contributed by atoms with Gasteiger partial charge < -0.3 is 28.3 Å². The van der Waals surface area contributed by atoms with Crippen molar-refractivity contribution >= 4 is 51.4 Å². The van der Waals surface area contributed by atoms with Crippen LogP contribution in [0.25, 0.3) is 11.3 Å². The molecule has 2 rings (SSSR count). The van der Waals surface area contributed by atoms with E-state index in [2.05, 4.69) is 44.8 Å². The maximum absolute atomic E-state index is 10.8. The predicted octanol–water partition coefficient (Wildman–Crippen LogP) is 1.80. The number of carbonyl (C=O) groups is 2. The van der Waals surface area contributed by atoms with E-state index in [0.29, 0.717) is 0 Å². The van der Waals surface area contributed by atoms with E-state index in [4.69, 9.17) is 16.5 Å². The van der Waals surface area contributed by atoms with E-state index in [-0.39, 0.29) is 116 Å². The minimum atomic E-state index is -0.889. The van der Waals surface area contributed by atoms with Gasteiger partial charge in [-0.05, 0) is 58.9 Å². The summed E-state index contributed by atoms with van der Waals surface area (Å²) in [6, 6.07) is 14.6. The van der Waals surface area contributed by atoms with Gasteiger partial charge in [-0.2, -0.15) is 4.99 Å². The number of aliphatic imine (C=N–C) groups is 1. The molecule has 0 aliphatic heterocycles. The zero-order valence-corrected chi connectivity index (χ0v) is 33.9. The summed E-state index contributed by atoms with van der Waals surface area (Å²) in [6.07, 6.45) is 3.29. The molecule has 0 saturated heterocycles. The van der Waals surface area contributed by atoms with Crippen LogP contribution in [0.4, 0.5) is 21.0 Å². The Morgan fingerprint density at radius 3 is 1.69 bits per heavy atom. The number of aryl methyl sites for hydroxylation is 2. The number of nitrogens with one attached hydrogen (secondary N) is 2. The van der Waals surface area contributed by atoms with Crippen LogP contribution < -0.4 is 133 Å². The van der Waals surface area contributed by atoms with Crippen molar-refractivity contribution < 1.29 is 131 Å². The average molecular weight is 686 g/mol. The zero-order valence-electron chi connectivity index (χ0n) is 22.6. The van der Waals surface area contributed by atoms with Crippen LogP contribution >= 0.6 is 23.2 Å². The fraction of sp³-hybridized carbons (Fsp3) is 0.348. The fourth-order valence-corrected chi connectivity index (χ4v) is 2.07. The van der Waals surface area contributed by atoms with Crippen LogP contribution in [0.2, 0.25) is 0 Å². The van der Waals surface area contributed by atoms with Gasteiger partial charge in [0.15, 0.2) is 6.03 Å². The summed E-state index contributed by atoms with van der Waals surface area (Å²) in [4.78, 5) is 33.3. The number of urea groups is 1. The van der Waals surface area contributed by atoms with E-state index in [1.807, 2.05) is 90.1 Å². The van der Waals surface area contributed by atoms with E-state index in [1.165, 1.54) is 6.08 Å². The van der Waals surface area contributed by atoms with E-state index in [1.54, 1.807) is 0 Å². The summed E-state index contributed by atoms with van der Waals surface area (Å²) in [5, 5.41) is 2.58. The first-order valence-electron chi connectivity index (χ1n) is 10.5. The topological polar surface area (TPSA) is 166 Å². The Morgan fingerprint density at radius 2 is 1.31 bits per heavy atom. The largest absolute Gasteiger partial charge is 1.00 e. The second-order valence-electron chi connectivity index (χ2n) is 4.98. The van der Waals surface area contributed by atoms with Gasteiger partial charge in [-0.1, -0.05) is 84.0 Å². The Hall–Kier alpha value is 0.830. The maximum Gasteiger partial charge on any atom is 1.00 e. The molecule has 2 aromatic rings. The quantitative estimate of drug-likeness (QED) is 0.111. The van der Waals surface area contributed by atoms with E-state index in [9.17, 15) is 9.59 Å². The number of para-hydroxylation sites is 2. The predicted molar refractivity (Wildman–Crippen MR) is 144 cm³/mol. The standard InChI is InChI=1S/C9H13N3O.C9H9NO.2C2H6.CCl2O.H3N2.2Rb/c1-2-7-5-3-4-6-8(7)11-9(13)12-10;1-2-8-5-3-4-6-9(8)10-7-11;2*1-2;2-1(3)4;1-2;;/h3-6H,2,10H2,1H3,(H2,11,12,13);3-6H,2H2,1H3;2*1-2H3;;1H,2H2;;/q;;;;;-1;2*+1/p-1. The minimum Gasteiger partial charge on any atom is -0.615 e. The molecule has 0 aliphatic carbocycles. The summed E-state index contributed by atoms with van der Waals surface area (Å²) < 4.78 is -0.889. The number of halogens is 2. The van der Waals surface area contributed by atoms with Crippen molar-refractivity contribution in [3.05, 3.63) is 70.9 Å². The minimum absolute atomic E-state index is 0. The number of nitrogens with two attached hydrogens (primary N) is 2. The number of rotatable bonds is 4. The summed E-state index contributed by atoms with van der Waals surface area (Å²) >= 11 is 8.80. The number of carbonyl (C=O) groups excluding carboxylic acids is 3. The maximum atomic E-state index is 10.8. The number of anilines is 1. The molecule has 2 aromatic carbocycles. The zero-order chi connectivity index (χ0) is 27.4. The molecule has 0 radical (unpaired) electrons. The molecule has 2 amide bonds. The second kappa shape index (κ2) is 40.3. The third-order valence-electron chi connectivity index (χ3n) is 3.30. The first-order chi connectivity index (χ1) is 16.4. The molecule has 0 unspecified atom stereocenters. The summed E-state index contributed by atoms with van der Waals surface area (Å²) in [5.74, 6) is 13.8. The van der Waals surface area contributed by atoms with Crippen LogP contribution in [0.15, 0.2) is 53.5 Å². The van der Waals surface area contributed by atoms with Gasteiger partial charge in [0.25, 0.3) is 0 Å². The number of benzene rings is 2. The molecule has 9 nitrogen and oxygen atoms in total. The van der Waals surface area contributed by atoms with Crippen molar-refractivity contribution in [1.82, 2.24) is 0 Å². The van der Waals surface area contributed by atoms with Crippen molar-refractivity contribution in [2.24, 2.45) is 16.7 Å². The third kappa shape index (κ3) is 31.1. The van der Waals surface area contributed by atoms with Gasteiger partial charge >= 0.3 is 121 Å². The van der Waals surface area contributed by atoms with Crippen molar-refractivity contribution in [2.75, 3.05) is 5.32 Å². The Bertz CT molecular complexity index is 824. The fourth-order valence-electron chi connectivity index (χ4n) is 2.07. The monoisotopic (exact) mass is 684 g/mol. The first-order valence-corrected chi connectivity index (χ1v) is 11.2. The van der Waals surface area contributed by atoms with Crippen molar-refractivity contribution in [3.63, 3.8) is 0 Å². The van der Waals surface area contributed by atoms with Gasteiger partial charge in [0.2, 0.25) is 6.08 Å². The molecule has 0 bridgehead atoms. The van der Waals surface area contributed by atoms with Crippen LogP contribution in [0.5, 0.6) is 0 Å². The van der Waals surface area contributed by atoms with Crippen LogP contribution in [0.1, 0.15) is 52.7 Å². The Kier molecular flexibility index (Phi) is 55.7. The van der Waals surface area contributed by atoms with Crippen molar-refractivity contribution in [3.8, 4) is 0 Å². The molecule has 0 aromatic heterocycles. The molecule has 0 atom stereocenters. The molecule has 0 heterocycles. The molecule has 192 valence electrons. The normalized spacial score (nSPS) is 7.31. The van der Waals surface area contributed by atoms with E-state index in [0.717, 1.165) is 35.3 Å². The number of hydrogen-bond acceptors (Lipinski definition) is 6. The Morgan fingerprint density at radius 1 is 0.917 bits per heavy atom. The molecular weight excluding hydrogens is 650 g/mol. The summed E-state index contributed by atoms with van der Waals surface area (Å²) in [6.45, 7) is 12.0. The smallest absolute Gasteiger partial charge is 0.615 e. The molecule has 0 saturated carbocycles. The summed E-state index contributed by atoms with van der Waals surface area (Å²) in [7, 11) is 0. The molecule has 13 heteroatoms. The van der Waals surface area contributed by atoms with Crippen molar-refractivity contribution in [1.29, 1.82) is 0 Å². The van der Waals surface area contributed by atoms with Gasteiger partial charge in [-0.25, -0.2) is 4.79 Å². The Balaban J connectivity index is -0.0000000890. The number of isocyanates is 1. The SMILES string of the molecule is CC.CC.CCc1ccccc1N=C=O.CCc1ccccc1NC(=O)[N-]N.O=C(Cl)Cl.[NH-]N.[Rb+].[Rb+]. The molecule has 6 N–H and O–H groups in total. The Labute approximate surface area is 323 Å². The van der Waals surface area contributed by atoms with E-state index >= 15 is 0 Å². The first kappa shape index (κ1) is 49.7. The third-order valence-corrected chi connectivity index (χ3v) is 3.30. The molecule has 36 heavy (non-hydrogen) atoms.